The van der Waals surface area contributed by atoms with Crippen molar-refractivity contribution >= 4 is 27.3 Å². The first kappa shape index (κ1) is 19.3. The lowest BCUT2D eigenvalue weighted by Gasteiger charge is -2.21. The van der Waals surface area contributed by atoms with Gasteiger partial charge in [-0.15, -0.1) is 0 Å². The van der Waals surface area contributed by atoms with Crippen LogP contribution in [0.3, 0.4) is 0 Å². The molecule has 0 radical (unpaired) electrons. The van der Waals surface area contributed by atoms with Crippen LogP contribution in [0.1, 0.15) is 31.9 Å². The largest absolute Gasteiger partial charge is 0.381 e. The molecule has 0 fully saturated rings. The maximum absolute atomic E-state index is 12.6. The Labute approximate surface area is 153 Å². The van der Waals surface area contributed by atoms with E-state index in [1.165, 1.54) is 0 Å². The second kappa shape index (κ2) is 7.44. The van der Waals surface area contributed by atoms with Crippen molar-refractivity contribution in [1.82, 2.24) is 4.72 Å². The molecule has 0 saturated heterocycles. The minimum absolute atomic E-state index is 0.233. The summed E-state index contributed by atoms with van der Waals surface area (Å²) in [4.78, 5) is 0.233. The Morgan fingerprint density at radius 2 is 1.84 bits per heavy atom. The maximum atomic E-state index is 12.6. The van der Waals surface area contributed by atoms with Gasteiger partial charge in [0.2, 0.25) is 10.0 Å². The van der Waals surface area contributed by atoms with Gasteiger partial charge in [0.15, 0.2) is 0 Å². The first-order chi connectivity index (χ1) is 11.6. The number of halogens is 1. The summed E-state index contributed by atoms with van der Waals surface area (Å²) in [5.41, 5.74) is 1.17. The Bertz CT molecular complexity index is 913. The van der Waals surface area contributed by atoms with Crippen LogP contribution >= 0.6 is 11.6 Å². The summed E-state index contributed by atoms with van der Waals surface area (Å²) in [6.45, 7) is 5.70. The fraction of sp³-hybridized carbons (Fsp3) is 0.278. The van der Waals surface area contributed by atoms with E-state index in [4.69, 9.17) is 16.9 Å². The molecule has 0 bridgehead atoms. The van der Waals surface area contributed by atoms with Crippen molar-refractivity contribution in [2.24, 2.45) is 0 Å². The number of nitriles is 1. The Hall–Kier alpha value is -2.07. The van der Waals surface area contributed by atoms with Gasteiger partial charge in [-0.25, -0.2) is 13.1 Å². The number of benzene rings is 2. The van der Waals surface area contributed by atoms with E-state index in [0.29, 0.717) is 28.4 Å². The van der Waals surface area contributed by atoms with Crippen LogP contribution in [0, 0.1) is 11.3 Å². The SMILES string of the molecule is CC(C)(C)NS(=O)(=O)c1ccccc1CNc1ccc(C#N)c(Cl)c1. The van der Waals surface area contributed by atoms with Crippen molar-refractivity contribution in [1.29, 1.82) is 5.26 Å². The Morgan fingerprint density at radius 3 is 2.44 bits per heavy atom. The highest BCUT2D eigenvalue weighted by molar-refractivity contribution is 7.89. The summed E-state index contributed by atoms with van der Waals surface area (Å²) in [6, 6.07) is 13.8. The summed E-state index contributed by atoms with van der Waals surface area (Å²) < 4.78 is 27.9. The Morgan fingerprint density at radius 1 is 1.16 bits per heavy atom. The molecule has 0 aromatic heterocycles. The van der Waals surface area contributed by atoms with Gasteiger partial charge in [0.1, 0.15) is 6.07 Å². The Kier molecular flexibility index (Phi) is 5.73. The molecule has 132 valence electrons. The minimum atomic E-state index is -3.63. The van der Waals surface area contributed by atoms with Crippen LogP contribution < -0.4 is 10.0 Å². The molecule has 0 aliphatic rings. The van der Waals surface area contributed by atoms with E-state index in [2.05, 4.69) is 10.0 Å². The summed E-state index contributed by atoms with van der Waals surface area (Å²) >= 11 is 6.02. The number of hydrogen-bond acceptors (Lipinski definition) is 4. The van der Waals surface area contributed by atoms with Crippen LogP contribution in [0.25, 0.3) is 0 Å². The molecule has 0 atom stereocenters. The smallest absolute Gasteiger partial charge is 0.241 e. The highest BCUT2D eigenvalue weighted by Crippen LogP contribution is 2.22. The van der Waals surface area contributed by atoms with Gasteiger partial charge in [-0.1, -0.05) is 29.8 Å². The summed E-state index contributed by atoms with van der Waals surface area (Å²) in [6.07, 6.45) is 0. The predicted octanol–water partition coefficient (Wildman–Crippen LogP) is 3.90. The van der Waals surface area contributed by atoms with Gasteiger partial charge in [0.05, 0.1) is 15.5 Å². The normalized spacial score (nSPS) is 11.8. The first-order valence-electron chi connectivity index (χ1n) is 7.68. The van der Waals surface area contributed by atoms with Crippen molar-refractivity contribution < 1.29 is 8.42 Å². The van der Waals surface area contributed by atoms with Crippen LogP contribution in [-0.4, -0.2) is 14.0 Å². The van der Waals surface area contributed by atoms with Gasteiger partial charge < -0.3 is 5.32 Å². The van der Waals surface area contributed by atoms with Crippen molar-refractivity contribution in [3.05, 3.63) is 58.6 Å². The highest BCUT2D eigenvalue weighted by Gasteiger charge is 2.24. The van der Waals surface area contributed by atoms with Crippen LogP contribution in [0.5, 0.6) is 0 Å². The number of hydrogen-bond donors (Lipinski definition) is 2. The van der Waals surface area contributed by atoms with Gasteiger partial charge in [-0.2, -0.15) is 5.26 Å². The number of nitrogens with one attached hydrogen (secondary N) is 2. The molecule has 0 heterocycles. The molecular weight excluding hydrogens is 358 g/mol. The second-order valence-electron chi connectivity index (χ2n) is 6.62. The van der Waals surface area contributed by atoms with Crippen LogP contribution in [0.15, 0.2) is 47.4 Å². The monoisotopic (exact) mass is 377 g/mol. The van der Waals surface area contributed by atoms with Crippen molar-refractivity contribution in [3.8, 4) is 6.07 Å². The van der Waals surface area contributed by atoms with Crippen LogP contribution in [0.2, 0.25) is 5.02 Å². The molecule has 0 spiro atoms. The lowest BCUT2D eigenvalue weighted by molar-refractivity contribution is 0.491. The molecule has 7 heteroatoms. The number of anilines is 1. The van der Waals surface area contributed by atoms with Crippen molar-refractivity contribution in [3.63, 3.8) is 0 Å². The Balaban J connectivity index is 2.24. The van der Waals surface area contributed by atoms with Gasteiger partial charge >= 0.3 is 0 Å². The van der Waals surface area contributed by atoms with E-state index in [9.17, 15) is 8.42 Å². The number of nitrogens with zero attached hydrogens (tertiary/aromatic N) is 1. The first-order valence-corrected chi connectivity index (χ1v) is 9.54. The molecule has 0 saturated carbocycles. The van der Waals surface area contributed by atoms with Gasteiger partial charge in [0, 0.05) is 17.8 Å². The molecule has 5 nitrogen and oxygen atoms in total. The zero-order valence-corrected chi connectivity index (χ0v) is 15.9. The maximum Gasteiger partial charge on any atom is 0.241 e. The van der Waals surface area contributed by atoms with E-state index in [1.54, 1.807) is 63.2 Å². The average molecular weight is 378 g/mol. The molecule has 0 unspecified atom stereocenters. The fourth-order valence-corrected chi connectivity index (χ4v) is 4.17. The predicted molar refractivity (Wildman–Crippen MR) is 100 cm³/mol. The third kappa shape index (κ3) is 5.20. The van der Waals surface area contributed by atoms with E-state index < -0.39 is 15.6 Å². The van der Waals surface area contributed by atoms with Crippen LogP contribution in [-0.2, 0) is 16.6 Å². The zero-order valence-electron chi connectivity index (χ0n) is 14.3. The minimum Gasteiger partial charge on any atom is -0.381 e. The molecular formula is C18H20ClN3O2S. The fourth-order valence-electron chi connectivity index (χ4n) is 2.28. The lowest BCUT2D eigenvalue weighted by atomic mass is 10.1. The summed E-state index contributed by atoms with van der Waals surface area (Å²) in [5.74, 6) is 0. The topological polar surface area (TPSA) is 82.0 Å². The molecule has 2 rings (SSSR count). The quantitative estimate of drug-likeness (QED) is 0.827. The van der Waals surface area contributed by atoms with E-state index in [0.717, 1.165) is 0 Å². The number of sulfonamides is 1. The molecule has 2 N–H and O–H groups in total. The average Bonchev–Trinajstić information content (AvgIpc) is 2.51. The van der Waals surface area contributed by atoms with E-state index in [1.807, 2.05) is 6.07 Å². The van der Waals surface area contributed by atoms with E-state index >= 15 is 0 Å². The molecule has 2 aromatic carbocycles. The lowest BCUT2D eigenvalue weighted by Crippen LogP contribution is -2.40. The van der Waals surface area contributed by atoms with Gasteiger partial charge in [0.25, 0.3) is 0 Å². The van der Waals surface area contributed by atoms with Crippen molar-refractivity contribution in [2.75, 3.05) is 5.32 Å². The standard InChI is InChI=1S/C18H20ClN3O2S/c1-18(2,3)22-25(23,24)17-7-5-4-6-14(17)12-21-15-9-8-13(11-20)16(19)10-15/h4-10,21-22H,12H2,1-3H3. The van der Waals surface area contributed by atoms with Gasteiger partial charge in [-0.05, 0) is 50.6 Å². The van der Waals surface area contributed by atoms with Crippen LogP contribution in [0.4, 0.5) is 5.69 Å². The zero-order chi connectivity index (χ0) is 18.7. The van der Waals surface area contributed by atoms with Gasteiger partial charge in [-0.3, -0.25) is 0 Å². The van der Waals surface area contributed by atoms with Crippen molar-refractivity contribution in [2.45, 2.75) is 37.8 Å². The summed E-state index contributed by atoms with van der Waals surface area (Å²) in [7, 11) is -3.63. The second-order valence-corrected chi connectivity index (χ2v) is 8.68. The number of rotatable bonds is 5. The molecule has 0 aliphatic carbocycles. The van der Waals surface area contributed by atoms with E-state index in [-0.39, 0.29) is 4.90 Å². The highest BCUT2D eigenvalue weighted by atomic mass is 35.5. The third-order valence-electron chi connectivity index (χ3n) is 3.28. The third-order valence-corrected chi connectivity index (χ3v) is 5.45. The molecule has 0 aliphatic heterocycles. The molecule has 25 heavy (non-hydrogen) atoms. The summed E-state index contributed by atoms with van der Waals surface area (Å²) in [5, 5.41) is 12.4. The molecule has 0 amide bonds. The molecule has 2 aromatic rings.